The molecular formula is C20H23N3O4S2. The molecule has 2 heterocycles. The Bertz CT molecular complexity index is 925. The van der Waals surface area contributed by atoms with Gasteiger partial charge in [-0.3, -0.25) is 14.4 Å². The number of rotatable bonds is 7. The van der Waals surface area contributed by atoms with Crippen molar-refractivity contribution < 1.29 is 19.1 Å². The van der Waals surface area contributed by atoms with Gasteiger partial charge in [-0.2, -0.15) is 0 Å². The first kappa shape index (κ1) is 21.2. The zero-order valence-corrected chi connectivity index (χ0v) is 18.0. The first-order valence-electron chi connectivity index (χ1n) is 9.15. The molecule has 0 fully saturated rings. The zero-order valence-electron chi connectivity index (χ0n) is 16.3. The van der Waals surface area contributed by atoms with Crippen LogP contribution in [0.15, 0.2) is 29.2 Å². The first-order valence-corrected chi connectivity index (χ1v) is 11.0. The number of amides is 3. The Kier molecular flexibility index (Phi) is 6.81. The van der Waals surface area contributed by atoms with Crippen molar-refractivity contribution in [3.05, 3.63) is 40.3 Å². The lowest BCUT2D eigenvalue weighted by atomic mass is 10.0. The Morgan fingerprint density at radius 2 is 2.00 bits per heavy atom. The molecule has 29 heavy (non-hydrogen) atoms. The number of carbonyl (C=O) groups is 3. The molecule has 3 rings (SSSR count). The van der Waals surface area contributed by atoms with Crippen LogP contribution in [0.25, 0.3) is 0 Å². The topological polar surface area (TPSA) is 102 Å². The van der Waals surface area contributed by atoms with Crippen LogP contribution in [0.5, 0.6) is 5.75 Å². The summed E-state index contributed by atoms with van der Waals surface area (Å²) in [5.41, 5.74) is 6.80. The van der Waals surface area contributed by atoms with Gasteiger partial charge in [0.05, 0.1) is 19.2 Å². The van der Waals surface area contributed by atoms with Gasteiger partial charge in [0.2, 0.25) is 11.8 Å². The number of thioether (sulfide) groups is 1. The van der Waals surface area contributed by atoms with Crippen LogP contribution in [0.1, 0.15) is 34.1 Å². The van der Waals surface area contributed by atoms with Gasteiger partial charge in [-0.1, -0.05) is 0 Å². The minimum Gasteiger partial charge on any atom is -0.497 e. The normalized spacial score (nSPS) is 13.0. The number of nitrogens with one attached hydrogen (secondary N) is 1. The van der Waals surface area contributed by atoms with E-state index in [1.165, 1.54) is 18.3 Å². The summed E-state index contributed by atoms with van der Waals surface area (Å²) in [7, 11) is 1.62. The van der Waals surface area contributed by atoms with Crippen molar-refractivity contribution in [2.75, 3.05) is 24.7 Å². The van der Waals surface area contributed by atoms with Gasteiger partial charge in [0.25, 0.3) is 5.91 Å². The number of thiophene rings is 1. The number of hydrogen-bond donors (Lipinski definition) is 2. The Morgan fingerprint density at radius 3 is 2.62 bits per heavy atom. The average Bonchev–Trinajstić information content (AvgIpc) is 3.05. The molecule has 0 atom stereocenters. The van der Waals surface area contributed by atoms with E-state index in [2.05, 4.69) is 5.32 Å². The van der Waals surface area contributed by atoms with Crippen LogP contribution < -0.4 is 15.8 Å². The molecule has 0 unspecified atom stereocenters. The van der Waals surface area contributed by atoms with Crippen molar-refractivity contribution in [2.24, 2.45) is 5.73 Å². The van der Waals surface area contributed by atoms with Crippen LogP contribution in [0.3, 0.4) is 0 Å². The maximum atomic E-state index is 12.4. The zero-order chi connectivity index (χ0) is 21.0. The largest absolute Gasteiger partial charge is 0.497 e. The number of hydrogen-bond acceptors (Lipinski definition) is 6. The molecule has 0 radical (unpaired) electrons. The molecule has 9 heteroatoms. The first-order chi connectivity index (χ1) is 13.9. The van der Waals surface area contributed by atoms with Gasteiger partial charge < -0.3 is 20.7 Å². The molecule has 2 aromatic rings. The van der Waals surface area contributed by atoms with Crippen LogP contribution in [-0.2, 0) is 22.6 Å². The van der Waals surface area contributed by atoms with Crippen LogP contribution in [0.4, 0.5) is 5.00 Å². The van der Waals surface area contributed by atoms with E-state index in [4.69, 9.17) is 10.5 Å². The fourth-order valence-electron chi connectivity index (χ4n) is 3.14. The highest BCUT2D eigenvalue weighted by Crippen LogP contribution is 2.37. The Balaban J connectivity index is 1.62. The smallest absolute Gasteiger partial charge is 0.251 e. The highest BCUT2D eigenvalue weighted by molar-refractivity contribution is 7.99. The van der Waals surface area contributed by atoms with Crippen LogP contribution in [0.2, 0.25) is 0 Å². The quantitative estimate of drug-likeness (QED) is 0.654. The number of nitrogens with two attached hydrogens (primary N) is 1. The molecule has 0 bridgehead atoms. The fraction of sp³-hybridized carbons (Fsp3) is 0.350. The van der Waals surface area contributed by atoms with Crippen molar-refractivity contribution >= 4 is 45.8 Å². The predicted molar refractivity (Wildman–Crippen MR) is 115 cm³/mol. The SMILES string of the molecule is COc1ccc(SCCC(=O)Nc2sc3c(c2C(N)=O)CCN(C(C)=O)C3)cc1. The molecule has 0 saturated heterocycles. The van der Waals surface area contributed by atoms with Gasteiger partial charge in [-0.15, -0.1) is 23.1 Å². The number of fused-ring (bicyclic) bond motifs is 1. The Labute approximate surface area is 177 Å². The van der Waals surface area contributed by atoms with Crippen molar-refractivity contribution in [1.29, 1.82) is 0 Å². The van der Waals surface area contributed by atoms with E-state index in [1.54, 1.807) is 23.8 Å². The Morgan fingerprint density at radius 1 is 1.28 bits per heavy atom. The lowest BCUT2D eigenvalue weighted by Gasteiger charge is -2.25. The van der Waals surface area contributed by atoms with Crippen molar-refractivity contribution in [3.8, 4) is 5.75 Å². The van der Waals surface area contributed by atoms with Gasteiger partial charge in [0.1, 0.15) is 10.8 Å². The molecule has 1 aliphatic heterocycles. The minimum atomic E-state index is -0.554. The van der Waals surface area contributed by atoms with E-state index < -0.39 is 5.91 Å². The van der Waals surface area contributed by atoms with E-state index in [-0.39, 0.29) is 11.8 Å². The van der Waals surface area contributed by atoms with Crippen molar-refractivity contribution in [3.63, 3.8) is 0 Å². The third kappa shape index (κ3) is 5.10. The van der Waals surface area contributed by atoms with Gasteiger partial charge in [0, 0.05) is 35.4 Å². The molecule has 0 aliphatic carbocycles. The lowest BCUT2D eigenvalue weighted by Crippen LogP contribution is -2.34. The maximum absolute atomic E-state index is 12.4. The molecule has 1 aromatic carbocycles. The fourth-order valence-corrected chi connectivity index (χ4v) is 5.28. The second-order valence-corrected chi connectivity index (χ2v) is 8.86. The summed E-state index contributed by atoms with van der Waals surface area (Å²) in [5, 5.41) is 3.32. The third-order valence-corrected chi connectivity index (χ3v) is 6.80. The number of benzene rings is 1. The predicted octanol–water partition coefficient (Wildman–Crippen LogP) is 2.88. The minimum absolute atomic E-state index is 0.00850. The number of nitrogens with zero attached hydrogens (tertiary/aromatic N) is 1. The standard InChI is InChI=1S/C20H23N3O4S2/c1-12(24)23-9-7-15-16(11-23)29-20(18(15)19(21)26)22-17(25)8-10-28-14-5-3-13(27-2)4-6-14/h3-6H,7-11H2,1-2H3,(H2,21,26)(H,22,25). The van der Waals surface area contributed by atoms with Crippen LogP contribution in [0, 0.1) is 0 Å². The van der Waals surface area contributed by atoms with Gasteiger partial charge in [0.15, 0.2) is 0 Å². The third-order valence-electron chi connectivity index (χ3n) is 4.66. The molecule has 0 spiro atoms. The summed E-state index contributed by atoms with van der Waals surface area (Å²) in [4.78, 5) is 39.7. The molecule has 7 nitrogen and oxygen atoms in total. The van der Waals surface area contributed by atoms with Gasteiger partial charge in [-0.25, -0.2) is 0 Å². The van der Waals surface area contributed by atoms with E-state index in [0.717, 1.165) is 21.1 Å². The van der Waals surface area contributed by atoms with E-state index >= 15 is 0 Å². The molecule has 3 amide bonds. The maximum Gasteiger partial charge on any atom is 0.251 e. The average molecular weight is 434 g/mol. The Hall–Kier alpha value is -2.52. The van der Waals surface area contributed by atoms with Crippen LogP contribution in [-0.4, -0.2) is 42.0 Å². The summed E-state index contributed by atoms with van der Waals surface area (Å²) in [6.45, 7) is 2.51. The van der Waals surface area contributed by atoms with Crippen LogP contribution >= 0.6 is 23.1 Å². The number of carbonyl (C=O) groups excluding carboxylic acids is 3. The monoisotopic (exact) mass is 433 g/mol. The molecule has 3 N–H and O–H groups in total. The lowest BCUT2D eigenvalue weighted by molar-refractivity contribution is -0.129. The summed E-state index contributed by atoms with van der Waals surface area (Å²) in [5.74, 6) is 0.659. The van der Waals surface area contributed by atoms with Gasteiger partial charge in [-0.05, 0) is 36.2 Å². The highest BCUT2D eigenvalue weighted by atomic mass is 32.2. The van der Waals surface area contributed by atoms with E-state index in [9.17, 15) is 14.4 Å². The number of primary amides is 1. The summed E-state index contributed by atoms with van der Waals surface area (Å²) in [6.07, 6.45) is 0.865. The summed E-state index contributed by atoms with van der Waals surface area (Å²) < 4.78 is 5.13. The number of ether oxygens (including phenoxy) is 1. The molecular weight excluding hydrogens is 410 g/mol. The molecule has 0 saturated carbocycles. The summed E-state index contributed by atoms with van der Waals surface area (Å²) >= 11 is 2.90. The van der Waals surface area contributed by atoms with Crippen molar-refractivity contribution in [1.82, 2.24) is 4.90 Å². The highest BCUT2D eigenvalue weighted by Gasteiger charge is 2.28. The molecule has 1 aliphatic rings. The van der Waals surface area contributed by atoms with Crippen molar-refractivity contribution in [2.45, 2.75) is 31.2 Å². The van der Waals surface area contributed by atoms with Gasteiger partial charge >= 0.3 is 0 Å². The number of anilines is 1. The molecule has 154 valence electrons. The second kappa shape index (κ2) is 9.32. The van der Waals surface area contributed by atoms with E-state index in [0.29, 0.717) is 42.2 Å². The van der Waals surface area contributed by atoms with E-state index in [1.807, 2.05) is 24.3 Å². The molecule has 1 aromatic heterocycles. The number of methoxy groups -OCH3 is 1. The summed E-state index contributed by atoms with van der Waals surface area (Å²) in [6, 6.07) is 7.64. The second-order valence-electron chi connectivity index (χ2n) is 6.58.